The van der Waals surface area contributed by atoms with Crippen LogP contribution < -0.4 is 4.90 Å². The summed E-state index contributed by atoms with van der Waals surface area (Å²) in [4.78, 5) is 4.01. The predicted molar refractivity (Wildman–Crippen MR) is 75.2 cm³/mol. The number of benzene rings is 1. The van der Waals surface area contributed by atoms with Crippen LogP contribution in [-0.2, 0) is 9.84 Å². The van der Waals surface area contributed by atoms with Crippen molar-refractivity contribution in [2.75, 3.05) is 50.5 Å². The molecule has 1 saturated heterocycles. The number of hydrogen-bond acceptors (Lipinski definition) is 5. The number of hydrogen-bond donors (Lipinski definition) is 1. The lowest BCUT2D eigenvalue weighted by molar-refractivity contribution is 0.188. The van der Waals surface area contributed by atoms with E-state index in [-0.39, 0.29) is 11.5 Å². The van der Waals surface area contributed by atoms with Crippen molar-refractivity contribution in [1.29, 1.82) is 0 Å². The van der Waals surface area contributed by atoms with Gasteiger partial charge in [0, 0.05) is 39.0 Å². The maximum absolute atomic E-state index is 14.1. The third-order valence-corrected chi connectivity index (χ3v) is 4.59. The van der Waals surface area contributed by atoms with Gasteiger partial charge in [-0.1, -0.05) is 0 Å². The molecule has 0 atom stereocenters. The molecule has 1 fully saturated rings. The van der Waals surface area contributed by atoms with Gasteiger partial charge >= 0.3 is 0 Å². The molecule has 0 amide bonds. The van der Waals surface area contributed by atoms with E-state index in [1.54, 1.807) is 0 Å². The normalized spacial score (nSPS) is 17.4. The summed E-state index contributed by atoms with van der Waals surface area (Å²) in [7, 11) is -3.38. The molecule has 0 saturated carbocycles. The highest BCUT2D eigenvalue weighted by atomic mass is 32.2. The Morgan fingerprint density at radius 2 is 1.90 bits per heavy atom. The first kappa shape index (κ1) is 15.2. The molecule has 1 aromatic carbocycles. The Hall–Kier alpha value is -1.18. The fraction of sp³-hybridized carbons (Fsp3) is 0.538. The number of aliphatic hydroxyl groups excluding tert-OH is 1. The quantitative estimate of drug-likeness (QED) is 0.869. The number of piperazine rings is 1. The van der Waals surface area contributed by atoms with E-state index >= 15 is 0 Å². The molecule has 0 bridgehead atoms. The summed E-state index contributed by atoms with van der Waals surface area (Å²) in [6, 6.07) is 4.03. The van der Waals surface area contributed by atoms with Crippen molar-refractivity contribution in [2.24, 2.45) is 0 Å². The smallest absolute Gasteiger partial charge is 0.175 e. The Labute approximate surface area is 118 Å². The van der Waals surface area contributed by atoms with Gasteiger partial charge in [-0.3, -0.25) is 4.90 Å². The maximum atomic E-state index is 14.1. The molecule has 0 radical (unpaired) electrons. The third-order valence-electron chi connectivity index (χ3n) is 3.48. The zero-order valence-electron chi connectivity index (χ0n) is 11.4. The van der Waals surface area contributed by atoms with Crippen LogP contribution in [0.2, 0.25) is 0 Å². The van der Waals surface area contributed by atoms with E-state index in [1.165, 1.54) is 12.1 Å². The molecule has 7 heteroatoms. The van der Waals surface area contributed by atoms with Crippen LogP contribution in [0.4, 0.5) is 10.1 Å². The molecule has 1 N–H and O–H groups in total. The topological polar surface area (TPSA) is 60.9 Å². The summed E-state index contributed by atoms with van der Waals surface area (Å²) in [5.74, 6) is -0.511. The minimum Gasteiger partial charge on any atom is -0.395 e. The first-order chi connectivity index (χ1) is 9.41. The van der Waals surface area contributed by atoms with Crippen LogP contribution in [0.5, 0.6) is 0 Å². The largest absolute Gasteiger partial charge is 0.395 e. The molecule has 1 aliphatic heterocycles. The number of anilines is 1. The van der Waals surface area contributed by atoms with Crippen LogP contribution in [0.1, 0.15) is 0 Å². The second-order valence-electron chi connectivity index (χ2n) is 4.94. The Morgan fingerprint density at radius 1 is 1.25 bits per heavy atom. The summed E-state index contributed by atoms with van der Waals surface area (Å²) in [6.07, 6.45) is 1.06. The average molecular weight is 302 g/mol. The second kappa shape index (κ2) is 6.07. The van der Waals surface area contributed by atoms with E-state index in [1.807, 2.05) is 4.90 Å². The minimum atomic E-state index is -3.38. The SMILES string of the molecule is CS(=O)(=O)c1ccc(N2CCN(CCO)CC2)c(F)c1. The monoisotopic (exact) mass is 302 g/mol. The fourth-order valence-electron chi connectivity index (χ4n) is 2.33. The van der Waals surface area contributed by atoms with Gasteiger partial charge in [0.15, 0.2) is 9.84 Å². The van der Waals surface area contributed by atoms with E-state index in [0.29, 0.717) is 25.3 Å². The summed E-state index contributed by atoms with van der Waals surface area (Å²) in [6.45, 7) is 3.59. The molecule has 112 valence electrons. The van der Waals surface area contributed by atoms with Crippen molar-refractivity contribution in [1.82, 2.24) is 4.90 Å². The standard InChI is InChI=1S/C13H19FN2O3S/c1-20(18,19)11-2-3-13(12(14)10-11)16-6-4-15(5-7-16)8-9-17/h2-3,10,17H,4-9H2,1H3. The van der Waals surface area contributed by atoms with Gasteiger partial charge in [0.2, 0.25) is 0 Å². The molecule has 0 spiro atoms. The Bertz CT molecular complexity index is 569. The van der Waals surface area contributed by atoms with E-state index < -0.39 is 15.7 Å². The third kappa shape index (κ3) is 3.47. The molecule has 20 heavy (non-hydrogen) atoms. The molecule has 2 rings (SSSR count). The van der Waals surface area contributed by atoms with Gasteiger partial charge in [-0.05, 0) is 18.2 Å². The van der Waals surface area contributed by atoms with Crippen LogP contribution in [0.15, 0.2) is 23.1 Å². The Balaban J connectivity index is 2.11. The number of β-amino-alcohol motifs (C(OH)–C–C–N with tert-alkyl or cyclic N) is 1. The number of nitrogens with zero attached hydrogens (tertiary/aromatic N) is 2. The van der Waals surface area contributed by atoms with Crippen molar-refractivity contribution in [3.8, 4) is 0 Å². The first-order valence-corrected chi connectivity index (χ1v) is 8.39. The molecule has 1 heterocycles. The number of aliphatic hydroxyl groups is 1. The molecule has 1 aromatic rings. The molecular weight excluding hydrogens is 283 g/mol. The van der Waals surface area contributed by atoms with Crippen molar-refractivity contribution < 1.29 is 17.9 Å². The molecule has 5 nitrogen and oxygen atoms in total. The fourth-order valence-corrected chi connectivity index (χ4v) is 2.96. The Kier molecular flexibility index (Phi) is 4.62. The first-order valence-electron chi connectivity index (χ1n) is 6.49. The van der Waals surface area contributed by atoms with E-state index in [0.717, 1.165) is 25.4 Å². The van der Waals surface area contributed by atoms with Gasteiger partial charge in [0.05, 0.1) is 17.2 Å². The van der Waals surface area contributed by atoms with Gasteiger partial charge < -0.3 is 10.0 Å². The average Bonchev–Trinajstić information content (AvgIpc) is 2.39. The summed E-state index contributed by atoms with van der Waals surface area (Å²) >= 11 is 0. The van der Waals surface area contributed by atoms with Crippen molar-refractivity contribution in [3.05, 3.63) is 24.0 Å². The minimum absolute atomic E-state index is 0.00216. The zero-order valence-corrected chi connectivity index (χ0v) is 12.2. The zero-order chi connectivity index (χ0) is 14.8. The lowest BCUT2D eigenvalue weighted by atomic mass is 10.2. The molecule has 0 aromatic heterocycles. The highest BCUT2D eigenvalue weighted by molar-refractivity contribution is 7.90. The second-order valence-corrected chi connectivity index (χ2v) is 6.95. The summed E-state index contributed by atoms with van der Waals surface area (Å²) in [5, 5.41) is 8.88. The number of rotatable bonds is 4. The molecular formula is C13H19FN2O3S. The van der Waals surface area contributed by atoms with Crippen molar-refractivity contribution in [3.63, 3.8) is 0 Å². The molecule has 1 aliphatic rings. The van der Waals surface area contributed by atoms with Crippen molar-refractivity contribution >= 4 is 15.5 Å². The number of halogens is 1. The molecule has 0 aliphatic carbocycles. The lowest BCUT2D eigenvalue weighted by Gasteiger charge is -2.35. The van der Waals surface area contributed by atoms with Gasteiger partial charge in [-0.25, -0.2) is 12.8 Å². The van der Waals surface area contributed by atoms with Gasteiger partial charge in [0.25, 0.3) is 0 Å². The van der Waals surface area contributed by atoms with Crippen LogP contribution in [-0.4, -0.2) is 64.0 Å². The van der Waals surface area contributed by atoms with Crippen LogP contribution in [0.25, 0.3) is 0 Å². The van der Waals surface area contributed by atoms with Gasteiger partial charge in [0.1, 0.15) is 5.82 Å². The highest BCUT2D eigenvalue weighted by Gasteiger charge is 2.20. The summed E-state index contributed by atoms with van der Waals surface area (Å²) < 4.78 is 36.8. The van der Waals surface area contributed by atoms with Crippen LogP contribution >= 0.6 is 0 Å². The van der Waals surface area contributed by atoms with E-state index in [2.05, 4.69) is 4.90 Å². The summed E-state index contributed by atoms with van der Waals surface area (Å²) in [5.41, 5.74) is 0.432. The van der Waals surface area contributed by atoms with E-state index in [4.69, 9.17) is 5.11 Å². The number of sulfone groups is 1. The highest BCUT2D eigenvalue weighted by Crippen LogP contribution is 2.23. The van der Waals surface area contributed by atoms with Crippen molar-refractivity contribution in [2.45, 2.75) is 4.90 Å². The Morgan fingerprint density at radius 3 is 2.40 bits per heavy atom. The van der Waals surface area contributed by atoms with Gasteiger partial charge in [-0.15, -0.1) is 0 Å². The molecule has 0 unspecified atom stereocenters. The maximum Gasteiger partial charge on any atom is 0.175 e. The lowest BCUT2D eigenvalue weighted by Crippen LogP contribution is -2.47. The van der Waals surface area contributed by atoms with Gasteiger partial charge in [-0.2, -0.15) is 0 Å². The van der Waals surface area contributed by atoms with Crippen LogP contribution in [0.3, 0.4) is 0 Å². The van der Waals surface area contributed by atoms with Crippen LogP contribution in [0, 0.1) is 5.82 Å². The predicted octanol–water partition coefficient (Wildman–Crippen LogP) is 0.343. The van der Waals surface area contributed by atoms with E-state index in [9.17, 15) is 12.8 Å².